The summed E-state index contributed by atoms with van der Waals surface area (Å²) in [5, 5.41) is 8.95. The van der Waals surface area contributed by atoms with Crippen molar-refractivity contribution in [2.75, 3.05) is 13.2 Å². The van der Waals surface area contributed by atoms with Gasteiger partial charge in [-0.2, -0.15) is 10.1 Å². The van der Waals surface area contributed by atoms with Gasteiger partial charge in [-0.25, -0.2) is 0 Å². The van der Waals surface area contributed by atoms with Gasteiger partial charge in [0.15, 0.2) is 11.6 Å². The highest BCUT2D eigenvalue weighted by Crippen LogP contribution is 2.62. The van der Waals surface area contributed by atoms with Gasteiger partial charge < -0.3 is 14.0 Å². The molecule has 3 aliphatic rings. The molecule has 0 amide bonds. The molecule has 0 N–H and O–H groups in total. The number of aryl methyl sites for hydroxylation is 2. The van der Waals surface area contributed by atoms with Gasteiger partial charge >= 0.3 is 0 Å². The summed E-state index contributed by atoms with van der Waals surface area (Å²) in [6.45, 7) is 10.2. The number of rotatable bonds is 1. The summed E-state index contributed by atoms with van der Waals surface area (Å²) in [5.41, 5.74) is 3.33. The van der Waals surface area contributed by atoms with Gasteiger partial charge in [0, 0.05) is 29.9 Å². The van der Waals surface area contributed by atoms with Gasteiger partial charge in [-0.1, -0.05) is 25.9 Å². The number of fused-ring (bicyclic) bond motifs is 3. The molecule has 0 radical (unpaired) electrons. The van der Waals surface area contributed by atoms with Gasteiger partial charge in [0.1, 0.15) is 5.69 Å². The zero-order valence-corrected chi connectivity index (χ0v) is 16.8. The summed E-state index contributed by atoms with van der Waals surface area (Å²) in [7, 11) is 1.98. The van der Waals surface area contributed by atoms with Gasteiger partial charge in [0.05, 0.1) is 18.9 Å². The van der Waals surface area contributed by atoms with E-state index in [4.69, 9.17) is 19.1 Å². The van der Waals surface area contributed by atoms with Crippen LogP contribution < -0.4 is 0 Å². The summed E-state index contributed by atoms with van der Waals surface area (Å²) < 4.78 is 19.8. The Morgan fingerprint density at radius 2 is 1.85 bits per heavy atom. The lowest BCUT2D eigenvalue weighted by Gasteiger charge is -2.59. The SMILES string of the molecule is Cc1noc(-c2c3c(nn2C)C2(C)CCC4(OCCO4)C(C)(C)[C@@H]2CC3)n1. The van der Waals surface area contributed by atoms with Crippen LogP contribution in [0.1, 0.15) is 57.1 Å². The summed E-state index contributed by atoms with van der Waals surface area (Å²) in [4.78, 5) is 4.46. The summed E-state index contributed by atoms with van der Waals surface area (Å²) in [6.07, 6.45) is 3.95. The zero-order valence-electron chi connectivity index (χ0n) is 16.8. The number of nitrogens with zero attached hydrogens (tertiary/aromatic N) is 4. The second-order valence-corrected chi connectivity index (χ2v) is 9.13. The summed E-state index contributed by atoms with van der Waals surface area (Å²) >= 11 is 0. The topological polar surface area (TPSA) is 75.2 Å². The second kappa shape index (κ2) is 5.41. The lowest BCUT2D eigenvalue weighted by atomic mass is 9.49. The molecule has 3 heterocycles. The first-order chi connectivity index (χ1) is 12.8. The fourth-order valence-electron chi connectivity index (χ4n) is 6.13. The number of hydrogen-bond donors (Lipinski definition) is 0. The Morgan fingerprint density at radius 3 is 2.52 bits per heavy atom. The van der Waals surface area contributed by atoms with Crippen molar-refractivity contribution < 1.29 is 14.0 Å². The van der Waals surface area contributed by atoms with Gasteiger partial charge in [-0.3, -0.25) is 4.68 Å². The average Bonchev–Trinajstić information content (AvgIpc) is 3.31. The molecule has 7 nitrogen and oxygen atoms in total. The van der Waals surface area contributed by atoms with E-state index in [2.05, 4.69) is 30.9 Å². The molecule has 5 rings (SSSR count). The molecule has 27 heavy (non-hydrogen) atoms. The van der Waals surface area contributed by atoms with E-state index >= 15 is 0 Å². The molecule has 1 unspecified atom stereocenters. The first kappa shape index (κ1) is 17.4. The number of ether oxygens (including phenoxy) is 2. The summed E-state index contributed by atoms with van der Waals surface area (Å²) in [6, 6.07) is 0. The van der Waals surface area contributed by atoms with Crippen molar-refractivity contribution >= 4 is 0 Å². The molecule has 1 aliphatic heterocycles. The van der Waals surface area contributed by atoms with Crippen molar-refractivity contribution in [3.63, 3.8) is 0 Å². The van der Waals surface area contributed by atoms with Crippen LogP contribution in [-0.4, -0.2) is 38.9 Å². The molecule has 2 aromatic rings. The highest BCUT2D eigenvalue weighted by molar-refractivity contribution is 5.58. The van der Waals surface area contributed by atoms with Crippen LogP contribution in [0.5, 0.6) is 0 Å². The predicted molar refractivity (Wildman–Crippen MR) is 98.1 cm³/mol. The molecule has 2 aliphatic carbocycles. The minimum atomic E-state index is -0.449. The highest BCUT2D eigenvalue weighted by atomic mass is 16.7. The van der Waals surface area contributed by atoms with E-state index in [1.807, 2.05) is 18.7 Å². The van der Waals surface area contributed by atoms with Crippen LogP contribution in [0.25, 0.3) is 11.6 Å². The third kappa shape index (κ3) is 2.12. The van der Waals surface area contributed by atoms with Crippen molar-refractivity contribution in [3.05, 3.63) is 17.1 Å². The van der Waals surface area contributed by atoms with Crippen LogP contribution in [-0.2, 0) is 28.4 Å². The van der Waals surface area contributed by atoms with Crippen molar-refractivity contribution in [3.8, 4) is 11.6 Å². The molecule has 146 valence electrons. The van der Waals surface area contributed by atoms with Crippen LogP contribution in [0, 0.1) is 18.3 Å². The van der Waals surface area contributed by atoms with E-state index in [0.29, 0.717) is 30.8 Å². The summed E-state index contributed by atoms with van der Waals surface area (Å²) in [5.74, 6) is 1.21. The quantitative estimate of drug-likeness (QED) is 0.765. The molecular formula is C20H28N4O3. The molecule has 1 saturated heterocycles. The fraction of sp³-hybridized carbons (Fsp3) is 0.750. The maximum absolute atomic E-state index is 6.20. The third-order valence-electron chi connectivity index (χ3n) is 7.45. The van der Waals surface area contributed by atoms with E-state index in [1.165, 1.54) is 11.3 Å². The van der Waals surface area contributed by atoms with Gasteiger partial charge in [-0.05, 0) is 32.1 Å². The van der Waals surface area contributed by atoms with E-state index in [-0.39, 0.29) is 10.8 Å². The van der Waals surface area contributed by atoms with E-state index in [9.17, 15) is 0 Å². The fourth-order valence-corrected chi connectivity index (χ4v) is 6.13. The largest absolute Gasteiger partial charge is 0.347 e. The third-order valence-corrected chi connectivity index (χ3v) is 7.45. The second-order valence-electron chi connectivity index (χ2n) is 9.13. The first-order valence-corrected chi connectivity index (χ1v) is 9.93. The zero-order chi connectivity index (χ0) is 19.0. The Balaban J connectivity index is 1.61. The monoisotopic (exact) mass is 372 g/mol. The van der Waals surface area contributed by atoms with Crippen LogP contribution in [0.2, 0.25) is 0 Å². The minimum Gasteiger partial charge on any atom is -0.347 e. The molecule has 0 aromatic carbocycles. The van der Waals surface area contributed by atoms with Gasteiger partial charge in [0.2, 0.25) is 0 Å². The molecular weight excluding hydrogens is 344 g/mol. The molecule has 2 aromatic heterocycles. The lowest BCUT2D eigenvalue weighted by Crippen LogP contribution is -2.61. The minimum absolute atomic E-state index is 0.0112. The van der Waals surface area contributed by atoms with Crippen molar-refractivity contribution in [1.82, 2.24) is 19.9 Å². The maximum atomic E-state index is 6.20. The van der Waals surface area contributed by atoms with E-state index in [1.54, 1.807) is 0 Å². The van der Waals surface area contributed by atoms with E-state index in [0.717, 1.165) is 31.4 Å². The maximum Gasteiger partial charge on any atom is 0.276 e. The van der Waals surface area contributed by atoms with Crippen molar-refractivity contribution in [2.24, 2.45) is 18.4 Å². The van der Waals surface area contributed by atoms with Crippen LogP contribution in [0.4, 0.5) is 0 Å². The molecule has 0 bridgehead atoms. The van der Waals surface area contributed by atoms with Crippen molar-refractivity contribution in [1.29, 1.82) is 0 Å². The highest BCUT2D eigenvalue weighted by Gasteiger charge is 2.64. The van der Waals surface area contributed by atoms with Crippen LogP contribution in [0.3, 0.4) is 0 Å². The molecule has 1 spiro atoms. The van der Waals surface area contributed by atoms with Gasteiger partial charge in [0.25, 0.3) is 5.89 Å². The molecule has 2 fully saturated rings. The number of hydrogen-bond acceptors (Lipinski definition) is 6. The Kier molecular flexibility index (Phi) is 3.48. The normalized spacial score (nSPS) is 31.1. The van der Waals surface area contributed by atoms with Crippen LogP contribution in [0.15, 0.2) is 4.52 Å². The van der Waals surface area contributed by atoms with Crippen molar-refractivity contribution in [2.45, 2.75) is 64.6 Å². The average molecular weight is 372 g/mol. The molecule has 1 saturated carbocycles. The Morgan fingerprint density at radius 1 is 1.11 bits per heavy atom. The Labute approximate surface area is 159 Å². The first-order valence-electron chi connectivity index (χ1n) is 9.93. The predicted octanol–water partition coefficient (Wildman–Crippen LogP) is 3.16. The standard InChI is InChI=1S/C20H28N4O3/c1-12-21-17(27-23-12)15-13-6-7-14-18(2,3)20(25-10-11-26-20)9-8-19(14,4)16(13)22-24(15)5/h14H,6-11H2,1-5H3/t14-,19?/m0/s1. The molecule has 2 atom stereocenters. The number of aromatic nitrogens is 4. The smallest absolute Gasteiger partial charge is 0.276 e. The van der Waals surface area contributed by atoms with E-state index < -0.39 is 5.79 Å². The van der Waals surface area contributed by atoms with Crippen LogP contribution >= 0.6 is 0 Å². The Bertz CT molecular complexity index is 893. The van der Waals surface area contributed by atoms with Gasteiger partial charge in [-0.15, -0.1) is 0 Å². The lowest BCUT2D eigenvalue weighted by molar-refractivity contribution is -0.276. The molecule has 7 heteroatoms. The Hall–Kier alpha value is -1.73.